The first-order valence-electron chi connectivity index (χ1n) is 5.83. The third kappa shape index (κ3) is 3.68. The van der Waals surface area contributed by atoms with Crippen LogP contribution >= 0.6 is 43.5 Å². The van der Waals surface area contributed by atoms with Crippen LogP contribution in [0.4, 0.5) is 11.5 Å². The second-order valence-electron chi connectivity index (χ2n) is 3.99. The quantitative estimate of drug-likeness (QED) is 0.697. The van der Waals surface area contributed by atoms with Gasteiger partial charge in [0.15, 0.2) is 0 Å². The second-order valence-corrected chi connectivity index (χ2v) is 6.12. The van der Waals surface area contributed by atoms with Crippen molar-refractivity contribution < 1.29 is 0 Å². The summed E-state index contributed by atoms with van der Waals surface area (Å²) in [6.45, 7) is 2.10. The molecule has 1 N–H and O–H groups in total. The molecular formula is C13H12Br2ClN3. The van der Waals surface area contributed by atoms with Gasteiger partial charge in [-0.1, -0.05) is 40.9 Å². The van der Waals surface area contributed by atoms with Gasteiger partial charge in [-0.3, -0.25) is 0 Å². The maximum absolute atomic E-state index is 6.13. The summed E-state index contributed by atoms with van der Waals surface area (Å²) in [6, 6.07) is 5.92. The van der Waals surface area contributed by atoms with Gasteiger partial charge in [0.2, 0.25) is 0 Å². The summed E-state index contributed by atoms with van der Waals surface area (Å²) in [6.07, 6.45) is 3.30. The highest BCUT2D eigenvalue weighted by molar-refractivity contribution is 9.11. The molecule has 100 valence electrons. The summed E-state index contributed by atoms with van der Waals surface area (Å²) >= 11 is 13.1. The average molecular weight is 406 g/mol. The van der Waals surface area contributed by atoms with Crippen LogP contribution in [-0.4, -0.2) is 9.97 Å². The molecule has 0 unspecified atom stereocenters. The molecule has 1 aromatic heterocycles. The number of nitrogens with zero attached hydrogens (tertiary/aromatic N) is 2. The zero-order valence-electron chi connectivity index (χ0n) is 10.3. The molecule has 1 aromatic carbocycles. The lowest BCUT2D eigenvalue weighted by atomic mass is 10.2. The van der Waals surface area contributed by atoms with Crippen LogP contribution in [0.2, 0.25) is 5.15 Å². The van der Waals surface area contributed by atoms with Crippen molar-refractivity contribution in [1.82, 2.24) is 9.97 Å². The van der Waals surface area contributed by atoms with E-state index in [0.717, 1.165) is 38.9 Å². The van der Waals surface area contributed by atoms with E-state index in [1.165, 1.54) is 6.33 Å². The van der Waals surface area contributed by atoms with Crippen molar-refractivity contribution in [3.8, 4) is 0 Å². The first-order chi connectivity index (χ1) is 9.11. The molecule has 0 spiro atoms. The number of rotatable bonds is 4. The van der Waals surface area contributed by atoms with Gasteiger partial charge < -0.3 is 5.32 Å². The van der Waals surface area contributed by atoms with Crippen LogP contribution in [0, 0.1) is 0 Å². The molecule has 0 atom stereocenters. The SMILES string of the molecule is CCCc1c(Cl)ncnc1Nc1ccc(Br)cc1Br. The Hall–Kier alpha value is -0.650. The largest absolute Gasteiger partial charge is 0.339 e. The van der Waals surface area contributed by atoms with Crippen molar-refractivity contribution in [3.63, 3.8) is 0 Å². The summed E-state index contributed by atoms with van der Waals surface area (Å²) < 4.78 is 1.97. The van der Waals surface area contributed by atoms with Crippen LogP contribution in [0.1, 0.15) is 18.9 Å². The highest BCUT2D eigenvalue weighted by atomic mass is 79.9. The first kappa shape index (κ1) is 14.8. The van der Waals surface area contributed by atoms with E-state index < -0.39 is 0 Å². The van der Waals surface area contributed by atoms with E-state index in [9.17, 15) is 0 Å². The Morgan fingerprint density at radius 1 is 1.26 bits per heavy atom. The Morgan fingerprint density at radius 2 is 2.05 bits per heavy atom. The Balaban J connectivity index is 2.35. The molecule has 6 heteroatoms. The molecule has 0 radical (unpaired) electrons. The fourth-order valence-corrected chi connectivity index (χ4v) is 3.06. The maximum Gasteiger partial charge on any atom is 0.138 e. The predicted molar refractivity (Wildman–Crippen MR) is 86.2 cm³/mol. The summed E-state index contributed by atoms with van der Waals surface area (Å²) in [5, 5.41) is 3.80. The Morgan fingerprint density at radius 3 is 2.74 bits per heavy atom. The van der Waals surface area contributed by atoms with Gasteiger partial charge in [0.05, 0.1) is 5.69 Å². The molecule has 0 amide bonds. The van der Waals surface area contributed by atoms with Crippen molar-refractivity contribution in [1.29, 1.82) is 0 Å². The van der Waals surface area contributed by atoms with Crippen molar-refractivity contribution >= 4 is 55.0 Å². The van der Waals surface area contributed by atoms with E-state index in [1.807, 2.05) is 18.2 Å². The third-order valence-electron chi connectivity index (χ3n) is 2.58. The normalized spacial score (nSPS) is 10.5. The summed E-state index contributed by atoms with van der Waals surface area (Å²) in [4.78, 5) is 8.31. The topological polar surface area (TPSA) is 37.8 Å². The maximum atomic E-state index is 6.13. The minimum absolute atomic E-state index is 0.507. The van der Waals surface area contributed by atoms with E-state index in [-0.39, 0.29) is 0 Å². The molecule has 0 saturated carbocycles. The number of benzene rings is 1. The molecule has 0 bridgehead atoms. The standard InChI is InChI=1S/C13H12Br2ClN3/c1-2-3-9-12(16)17-7-18-13(9)19-11-5-4-8(14)6-10(11)15/h4-7H,2-3H2,1H3,(H,17,18,19). The van der Waals surface area contributed by atoms with E-state index in [1.54, 1.807) is 0 Å². The van der Waals surface area contributed by atoms with Crippen LogP contribution in [0.25, 0.3) is 0 Å². The van der Waals surface area contributed by atoms with E-state index in [4.69, 9.17) is 11.6 Å². The predicted octanol–water partition coefficient (Wildman–Crippen LogP) is 5.35. The van der Waals surface area contributed by atoms with Crippen molar-refractivity contribution in [2.45, 2.75) is 19.8 Å². The van der Waals surface area contributed by atoms with Gasteiger partial charge in [0, 0.05) is 14.5 Å². The Kier molecular flexibility index (Phi) is 5.19. The zero-order valence-corrected chi connectivity index (χ0v) is 14.2. The van der Waals surface area contributed by atoms with Crippen LogP contribution in [0.15, 0.2) is 33.5 Å². The zero-order chi connectivity index (χ0) is 13.8. The molecule has 3 nitrogen and oxygen atoms in total. The minimum atomic E-state index is 0.507. The van der Waals surface area contributed by atoms with Crippen molar-refractivity contribution in [2.24, 2.45) is 0 Å². The molecule has 0 saturated heterocycles. The number of hydrogen-bond acceptors (Lipinski definition) is 3. The molecule has 1 heterocycles. The van der Waals surface area contributed by atoms with E-state index in [0.29, 0.717) is 5.15 Å². The number of aromatic nitrogens is 2. The molecule has 2 aromatic rings. The summed E-state index contributed by atoms with van der Waals surface area (Å²) in [5.41, 5.74) is 1.89. The highest BCUT2D eigenvalue weighted by Crippen LogP contribution is 2.30. The van der Waals surface area contributed by atoms with E-state index >= 15 is 0 Å². The fraction of sp³-hybridized carbons (Fsp3) is 0.231. The Bertz CT molecular complexity index is 590. The van der Waals surface area contributed by atoms with Gasteiger partial charge >= 0.3 is 0 Å². The molecule has 0 aliphatic rings. The van der Waals surface area contributed by atoms with Crippen LogP contribution in [0.3, 0.4) is 0 Å². The number of hydrogen-bond donors (Lipinski definition) is 1. The minimum Gasteiger partial charge on any atom is -0.339 e. The number of anilines is 2. The van der Waals surface area contributed by atoms with Gasteiger partial charge in [0.25, 0.3) is 0 Å². The van der Waals surface area contributed by atoms with Gasteiger partial charge in [0.1, 0.15) is 17.3 Å². The Labute approximate surface area is 134 Å². The molecule has 19 heavy (non-hydrogen) atoms. The lowest BCUT2D eigenvalue weighted by molar-refractivity contribution is 0.904. The van der Waals surface area contributed by atoms with Gasteiger partial charge in [-0.2, -0.15) is 0 Å². The summed E-state index contributed by atoms with van der Waals surface area (Å²) in [5.74, 6) is 0.755. The van der Waals surface area contributed by atoms with Crippen molar-refractivity contribution in [2.75, 3.05) is 5.32 Å². The lowest BCUT2D eigenvalue weighted by Crippen LogP contribution is -2.01. The molecule has 0 aliphatic heterocycles. The lowest BCUT2D eigenvalue weighted by Gasteiger charge is -2.12. The molecular weight excluding hydrogens is 393 g/mol. The summed E-state index contributed by atoms with van der Waals surface area (Å²) in [7, 11) is 0. The molecule has 0 fully saturated rings. The van der Waals surface area contributed by atoms with Crippen LogP contribution in [-0.2, 0) is 6.42 Å². The smallest absolute Gasteiger partial charge is 0.138 e. The van der Waals surface area contributed by atoms with Gasteiger partial charge in [-0.05, 0) is 40.5 Å². The first-order valence-corrected chi connectivity index (χ1v) is 7.79. The monoisotopic (exact) mass is 403 g/mol. The van der Waals surface area contributed by atoms with Gasteiger partial charge in [-0.15, -0.1) is 0 Å². The van der Waals surface area contributed by atoms with Crippen LogP contribution in [0.5, 0.6) is 0 Å². The van der Waals surface area contributed by atoms with Gasteiger partial charge in [-0.25, -0.2) is 9.97 Å². The molecule has 0 aliphatic carbocycles. The van der Waals surface area contributed by atoms with E-state index in [2.05, 4.69) is 54.1 Å². The third-order valence-corrected chi connectivity index (χ3v) is 4.05. The highest BCUT2D eigenvalue weighted by Gasteiger charge is 2.10. The number of nitrogens with one attached hydrogen (secondary N) is 1. The molecule has 2 rings (SSSR count). The number of halogens is 3. The fourth-order valence-electron chi connectivity index (χ4n) is 1.69. The second kappa shape index (κ2) is 6.68. The van der Waals surface area contributed by atoms with Crippen LogP contribution < -0.4 is 5.32 Å². The van der Waals surface area contributed by atoms with Crippen molar-refractivity contribution in [3.05, 3.63) is 44.2 Å². The average Bonchev–Trinajstić information content (AvgIpc) is 2.37.